The Bertz CT molecular complexity index is 876. The van der Waals surface area contributed by atoms with Gasteiger partial charge in [0, 0.05) is 11.4 Å². The van der Waals surface area contributed by atoms with Gasteiger partial charge in [0.25, 0.3) is 0 Å². The van der Waals surface area contributed by atoms with E-state index >= 15 is 0 Å². The minimum absolute atomic E-state index is 0.278. The summed E-state index contributed by atoms with van der Waals surface area (Å²) < 4.78 is 18.2. The summed E-state index contributed by atoms with van der Waals surface area (Å²) in [4.78, 5) is 36.7. The average Bonchev–Trinajstić information content (AvgIpc) is 3.44. The zero-order chi connectivity index (χ0) is 19.4. The molecule has 140 valence electrons. The molecule has 0 radical (unpaired) electrons. The first-order valence-electron chi connectivity index (χ1n) is 8.60. The van der Waals surface area contributed by atoms with E-state index in [1.807, 2.05) is 0 Å². The number of hydrogen-bond acceptors (Lipinski definition) is 4. The fraction of sp³-hybridized carbons (Fsp3) is 0.250. The summed E-state index contributed by atoms with van der Waals surface area (Å²) in [6, 6.07) is 11.7. The lowest BCUT2D eigenvalue weighted by Gasteiger charge is -2.15. The van der Waals surface area contributed by atoms with Gasteiger partial charge in [-0.3, -0.25) is 9.59 Å². The second-order valence-corrected chi connectivity index (χ2v) is 6.30. The van der Waals surface area contributed by atoms with Gasteiger partial charge in [-0.05, 0) is 62.2 Å². The molecule has 0 heterocycles. The molecule has 0 unspecified atom stereocenters. The third-order valence-electron chi connectivity index (χ3n) is 4.36. The number of hydrogen-bond donors (Lipinski definition) is 2. The summed E-state index contributed by atoms with van der Waals surface area (Å²) in [6.07, 6.45) is 0.835. The Kier molecular flexibility index (Phi) is 5.21. The highest BCUT2D eigenvalue weighted by molar-refractivity contribution is 6.16. The monoisotopic (exact) mass is 370 g/mol. The molecule has 0 saturated heterocycles. The molecule has 1 aliphatic carbocycles. The molecule has 2 aromatic rings. The lowest BCUT2D eigenvalue weighted by atomic mass is 10.0. The van der Waals surface area contributed by atoms with Crippen molar-refractivity contribution in [1.29, 1.82) is 0 Å². The zero-order valence-electron chi connectivity index (χ0n) is 14.8. The normalized spacial score (nSPS) is 14.1. The van der Waals surface area contributed by atoms with Crippen molar-refractivity contribution in [2.75, 3.05) is 17.2 Å². The van der Waals surface area contributed by atoms with Gasteiger partial charge in [0.2, 0.25) is 11.8 Å². The van der Waals surface area contributed by atoms with Crippen molar-refractivity contribution in [2.45, 2.75) is 19.8 Å². The Balaban J connectivity index is 1.64. The molecule has 2 amide bonds. The van der Waals surface area contributed by atoms with Crippen LogP contribution in [0.2, 0.25) is 0 Å². The molecule has 6 nitrogen and oxygen atoms in total. The predicted molar refractivity (Wildman–Crippen MR) is 97.7 cm³/mol. The number of ether oxygens (including phenoxy) is 1. The van der Waals surface area contributed by atoms with Crippen molar-refractivity contribution in [2.24, 2.45) is 5.41 Å². The van der Waals surface area contributed by atoms with Gasteiger partial charge in [0.1, 0.15) is 11.2 Å². The van der Waals surface area contributed by atoms with E-state index in [4.69, 9.17) is 4.74 Å². The molecule has 1 saturated carbocycles. The van der Waals surface area contributed by atoms with Crippen molar-refractivity contribution in [3.05, 3.63) is 59.9 Å². The van der Waals surface area contributed by atoms with Crippen molar-refractivity contribution in [1.82, 2.24) is 0 Å². The minimum atomic E-state index is -1.16. The molecule has 0 spiro atoms. The van der Waals surface area contributed by atoms with Crippen molar-refractivity contribution in [3.8, 4) is 0 Å². The van der Waals surface area contributed by atoms with Crippen LogP contribution in [0.15, 0.2) is 48.5 Å². The van der Waals surface area contributed by atoms with Crippen LogP contribution in [0.3, 0.4) is 0 Å². The Morgan fingerprint density at radius 1 is 1.00 bits per heavy atom. The number of esters is 1. The van der Waals surface area contributed by atoms with Crippen LogP contribution >= 0.6 is 0 Å². The molecular formula is C20H19FN2O4. The van der Waals surface area contributed by atoms with Gasteiger partial charge in [-0.25, -0.2) is 9.18 Å². The van der Waals surface area contributed by atoms with Gasteiger partial charge in [0.05, 0.1) is 12.2 Å². The van der Waals surface area contributed by atoms with E-state index in [-0.39, 0.29) is 6.61 Å². The maximum absolute atomic E-state index is 13.3. The van der Waals surface area contributed by atoms with Crippen molar-refractivity contribution < 1.29 is 23.5 Å². The molecule has 0 atom stereocenters. The van der Waals surface area contributed by atoms with Crippen LogP contribution in [0, 0.1) is 11.2 Å². The van der Waals surface area contributed by atoms with E-state index in [0.717, 1.165) is 0 Å². The maximum atomic E-state index is 13.3. The van der Waals surface area contributed by atoms with Crippen LogP contribution in [0.1, 0.15) is 30.1 Å². The van der Waals surface area contributed by atoms with Crippen LogP contribution in [-0.2, 0) is 14.3 Å². The molecule has 3 rings (SSSR count). The fourth-order valence-corrected chi connectivity index (χ4v) is 2.65. The van der Waals surface area contributed by atoms with Gasteiger partial charge in [-0.15, -0.1) is 0 Å². The predicted octanol–water partition coefficient (Wildman–Crippen LogP) is 3.36. The fourth-order valence-electron chi connectivity index (χ4n) is 2.65. The standard InChI is InChI=1S/C20H19FN2O4/c1-2-27-17(24)13-6-8-15(9-7-13)22-18(25)20(10-11-20)19(26)23-16-5-3-4-14(21)12-16/h3-9,12H,2,10-11H2,1H3,(H,22,25)(H,23,26). The first-order chi connectivity index (χ1) is 12.9. The summed E-state index contributed by atoms with van der Waals surface area (Å²) >= 11 is 0. The maximum Gasteiger partial charge on any atom is 0.338 e. The summed E-state index contributed by atoms with van der Waals surface area (Å²) in [5.41, 5.74) is -0.0119. The largest absolute Gasteiger partial charge is 0.462 e. The highest BCUT2D eigenvalue weighted by Crippen LogP contribution is 2.47. The van der Waals surface area contributed by atoms with Crippen LogP contribution in [0.4, 0.5) is 15.8 Å². The molecule has 0 aliphatic heterocycles. The molecule has 1 fully saturated rings. The smallest absolute Gasteiger partial charge is 0.338 e. The third kappa shape index (κ3) is 4.13. The van der Waals surface area contributed by atoms with E-state index in [9.17, 15) is 18.8 Å². The molecule has 0 aromatic heterocycles. The van der Waals surface area contributed by atoms with Crippen LogP contribution in [-0.4, -0.2) is 24.4 Å². The third-order valence-corrected chi connectivity index (χ3v) is 4.36. The van der Waals surface area contributed by atoms with Gasteiger partial charge in [-0.1, -0.05) is 6.07 Å². The van der Waals surface area contributed by atoms with Gasteiger partial charge >= 0.3 is 5.97 Å². The Labute approximate surface area is 155 Å². The second kappa shape index (κ2) is 7.57. The summed E-state index contributed by atoms with van der Waals surface area (Å²) in [6.45, 7) is 2.00. The number of carbonyl (C=O) groups is 3. The van der Waals surface area contributed by atoms with Crippen molar-refractivity contribution >= 4 is 29.2 Å². The summed E-state index contributed by atoms with van der Waals surface area (Å²) in [5.74, 6) is -1.80. The van der Waals surface area contributed by atoms with E-state index < -0.39 is 29.0 Å². The van der Waals surface area contributed by atoms with E-state index in [0.29, 0.717) is 29.8 Å². The molecule has 2 N–H and O–H groups in total. The second-order valence-electron chi connectivity index (χ2n) is 6.30. The van der Waals surface area contributed by atoms with Crippen molar-refractivity contribution in [3.63, 3.8) is 0 Å². The molecule has 7 heteroatoms. The molecule has 0 bridgehead atoms. The number of rotatable bonds is 6. The number of benzene rings is 2. The van der Waals surface area contributed by atoms with Gasteiger partial charge < -0.3 is 15.4 Å². The van der Waals surface area contributed by atoms with E-state index in [1.54, 1.807) is 37.3 Å². The lowest BCUT2D eigenvalue weighted by molar-refractivity contribution is -0.131. The number of amides is 2. The van der Waals surface area contributed by atoms with Crippen LogP contribution in [0.5, 0.6) is 0 Å². The molecular weight excluding hydrogens is 351 g/mol. The highest BCUT2D eigenvalue weighted by Gasteiger charge is 2.56. The zero-order valence-corrected chi connectivity index (χ0v) is 14.8. The van der Waals surface area contributed by atoms with E-state index in [2.05, 4.69) is 10.6 Å². The number of halogens is 1. The first kappa shape index (κ1) is 18.6. The van der Waals surface area contributed by atoms with Gasteiger partial charge in [-0.2, -0.15) is 0 Å². The average molecular weight is 370 g/mol. The minimum Gasteiger partial charge on any atom is -0.462 e. The SMILES string of the molecule is CCOC(=O)c1ccc(NC(=O)C2(C(=O)Nc3cccc(F)c3)CC2)cc1. The number of nitrogens with one attached hydrogen (secondary N) is 2. The summed E-state index contributed by atoms with van der Waals surface area (Å²) in [5, 5.41) is 5.28. The Morgan fingerprint density at radius 2 is 1.63 bits per heavy atom. The summed E-state index contributed by atoms with van der Waals surface area (Å²) in [7, 11) is 0. The number of anilines is 2. The topological polar surface area (TPSA) is 84.5 Å². The Hall–Kier alpha value is -3.22. The Morgan fingerprint density at radius 3 is 2.19 bits per heavy atom. The molecule has 1 aliphatic rings. The number of carbonyl (C=O) groups excluding carboxylic acids is 3. The van der Waals surface area contributed by atoms with Crippen LogP contribution in [0.25, 0.3) is 0 Å². The van der Waals surface area contributed by atoms with Gasteiger partial charge in [0.15, 0.2) is 0 Å². The lowest BCUT2D eigenvalue weighted by Crippen LogP contribution is -2.35. The quantitative estimate of drug-likeness (QED) is 0.603. The molecule has 2 aromatic carbocycles. The first-order valence-corrected chi connectivity index (χ1v) is 8.60. The highest BCUT2D eigenvalue weighted by atomic mass is 19.1. The van der Waals surface area contributed by atoms with E-state index in [1.165, 1.54) is 18.2 Å². The van der Waals surface area contributed by atoms with Crippen LogP contribution < -0.4 is 10.6 Å². The molecule has 27 heavy (non-hydrogen) atoms.